The maximum absolute atomic E-state index is 10.7. The van der Waals surface area contributed by atoms with Gasteiger partial charge in [-0.25, -0.2) is 0 Å². The number of hydrogen-bond donors (Lipinski definition) is 1. The quantitative estimate of drug-likeness (QED) is 0.581. The van der Waals surface area contributed by atoms with Crippen LogP contribution in [0.4, 0.5) is 0 Å². The number of aldehydes is 1. The lowest BCUT2D eigenvalue weighted by atomic mass is 9.99. The minimum absolute atomic E-state index is 0.243. The van der Waals surface area contributed by atoms with E-state index in [1.165, 1.54) is 0 Å². The Balaban J connectivity index is 3.69. The van der Waals surface area contributed by atoms with E-state index in [1.807, 2.05) is 6.92 Å². The van der Waals surface area contributed by atoms with Gasteiger partial charge in [-0.1, -0.05) is 19.8 Å². The van der Waals surface area contributed by atoms with Crippen LogP contribution in [0.2, 0.25) is 0 Å². The Morgan fingerprint density at radius 3 is 2.64 bits per heavy atom. The standard InChI is InChI=1S/C8H15NO2/c1-2-3-4-7(5-6-10)8(9)11/h6-7H,2-5H2,1H3,(H2,9,11)/t7-/m1/s1. The Morgan fingerprint density at radius 1 is 1.64 bits per heavy atom. The van der Waals surface area contributed by atoms with E-state index < -0.39 is 0 Å². The van der Waals surface area contributed by atoms with E-state index in [1.54, 1.807) is 0 Å². The number of primary amides is 1. The van der Waals surface area contributed by atoms with E-state index in [0.29, 0.717) is 0 Å². The SMILES string of the molecule is CCCC[C@H](CC=O)C(N)=O. The molecule has 0 unspecified atom stereocenters. The monoisotopic (exact) mass is 157 g/mol. The zero-order chi connectivity index (χ0) is 8.69. The van der Waals surface area contributed by atoms with E-state index in [2.05, 4.69) is 0 Å². The van der Waals surface area contributed by atoms with Crippen LogP contribution in [0.3, 0.4) is 0 Å². The van der Waals surface area contributed by atoms with E-state index in [9.17, 15) is 9.59 Å². The molecule has 0 heterocycles. The molecule has 0 bridgehead atoms. The molecule has 2 N–H and O–H groups in total. The molecule has 0 aliphatic carbocycles. The summed E-state index contributed by atoms with van der Waals surface area (Å²) < 4.78 is 0. The van der Waals surface area contributed by atoms with Crippen molar-refractivity contribution in [2.45, 2.75) is 32.6 Å². The van der Waals surface area contributed by atoms with Gasteiger partial charge in [0.1, 0.15) is 6.29 Å². The zero-order valence-corrected chi connectivity index (χ0v) is 6.88. The molecule has 64 valence electrons. The van der Waals surface area contributed by atoms with Crippen LogP contribution >= 0.6 is 0 Å². The molecule has 0 aliphatic heterocycles. The van der Waals surface area contributed by atoms with Crippen molar-refractivity contribution in [3.05, 3.63) is 0 Å². The molecule has 0 aromatic carbocycles. The van der Waals surface area contributed by atoms with Gasteiger partial charge >= 0.3 is 0 Å². The number of carbonyl (C=O) groups is 2. The van der Waals surface area contributed by atoms with Gasteiger partial charge in [0, 0.05) is 12.3 Å². The predicted molar refractivity (Wildman–Crippen MR) is 42.9 cm³/mol. The van der Waals surface area contributed by atoms with Gasteiger partial charge < -0.3 is 10.5 Å². The molecule has 0 fully saturated rings. The minimum atomic E-state index is -0.356. The number of rotatable bonds is 6. The fourth-order valence-electron chi connectivity index (χ4n) is 0.943. The summed E-state index contributed by atoms with van der Waals surface area (Å²) in [7, 11) is 0. The number of hydrogen-bond acceptors (Lipinski definition) is 2. The fraction of sp³-hybridized carbons (Fsp3) is 0.750. The van der Waals surface area contributed by atoms with Gasteiger partial charge in [0.25, 0.3) is 0 Å². The molecule has 0 rings (SSSR count). The molecule has 1 amide bonds. The summed E-state index contributed by atoms with van der Waals surface area (Å²) in [6.07, 6.45) is 3.76. The first-order valence-electron chi connectivity index (χ1n) is 3.95. The van der Waals surface area contributed by atoms with Crippen molar-refractivity contribution in [2.75, 3.05) is 0 Å². The normalized spacial score (nSPS) is 12.5. The molecule has 0 aliphatic rings. The number of amides is 1. The molecule has 1 atom stereocenters. The second-order valence-corrected chi connectivity index (χ2v) is 2.64. The summed E-state index contributed by atoms with van der Waals surface area (Å²) in [5.74, 6) is -0.599. The van der Waals surface area contributed by atoms with Gasteiger partial charge in [0.15, 0.2) is 0 Å². The van der Waals surface area contributed by atoms with Crippen molar-refractivity contribution in [2.24, 2.45) is 11.7 Å². The summed E-state index contributed by atoms with van der Waals surface area (Å²) in [5, 5.41) is 0. The third kappa shape index (κ3) is 4.53. The number of carbonyl (C=O) groups excluding carboxylic acids is 2. The zero-order valence-electron chi connectivity index (χ0n) is 6.88. The van der Waals surface area contributed by atoms with E-state index >= 15 is 0 Å². The third-order valence-corrected chi connectivity index (χ3v) is 1.69. The molecule has 0 radical (unpaired) electrons. The van der Waals surface area contributed by atoms with Crippen LogP contribution in [0.15, 0.2) is 0 Å². The molecule has 3 nitrogen and oxygen atoms in total. The maximum Gasteiger partial charge on any atom is 0.220 e. The first-order chi connectivity index (χ1) is 5.22. The lowest BCUT2D eigenvalue weighted by molar-refractivity contribution is -0.124. The van der Waals surface area contributed by atoms with Crippen LogP contribution in [0.25, 0.3) is 0 Å². The molecular weight excluding hydrogens is 142 g/mol. The van der Waals surface area contributed by atoms with E-state index in [4.69, 9.17) is 5.73 Å². The molecule has 0 spiro atoms. The van der Waals surface area contributed by atoms with Crippen molar-refractivity contribution >= 4 is 12.2 Å². The van der Waals surface area contributed by atoms with Crippen LogP contribution in [0.1, 0.15) is 32.6 Å². The lowest BCUT2D eigenvalue weighted by Crippen LogP contribution is -2.23. The third-order valence-electron chi connectivity index (χ3n) is 1.69. The second-order valence-electron chi connectivity index (χ2n) is 2.64. The molecule has 11 heavy (non-hydrogen) atoms. The highest BCUT2D eigenvalue weighted by molar-refractivity contribution is 5.79. The largest absolute Gasteiger partial charge is 0.369 e. The predicted octanol–water partition coefficient (Wildman–Crippen LogP) is 0.867. The average molecular weight is 157 g/mol. The summed E-state index contributed by atoms with van der Waals surface area (Å²) in [6.45, 7) is 2.04. The Labute approximate surface area is 67.0 Å². The van der Waals surface area contributed by atoms with Crippen molar-refractivity contribution in [1.82, 2.24) is 0 Å². The number of unbranched alkanes of at least 4 members (excludes halogenated alkanes) is 1. The highest BCUT2D eigenvalue weighted by atomic mass is 16.1. The fourth-order valence-corrected chi connectivity index (χ4v) is 0.943. The Kier molecular flexibility index (Phi) is 5.43. The first-order valence-corrected chi connectivity index (χ1v) is 3.95. The Bertz CT molecular complexity index is 134. The summed E-state index contributed by atoms with van der Waals surface area (Å²) in [4.78, 5) is 20.7. The van der Waals surface area contributed by atoms with Crippen molar-refractivity contribution in [1.29, 1.82) is 0 Å². The molecule has 3 heteroatoms. The maximum atomic E-state index is 10.7. The van der Waals surface area contributed by atoms with Crippen molar-refractivity contribution in [3.63, 3.8) is 0 Å². The van der Waals surface area contributed by atoms with Crippen LogP contribution in [-0.2, 0) is 9.59 Å². The minimum Gasteiger partial charge on any atom is -0.369 e. The molecule has 0 saturated carbocycles. The van der Waals surface area contributed by atoms with Gasteiger partial charge in [0.05, 0.1) is 0 Å². The highest BCUT2D eigenvalue weighted by Gasteiger charge is 2.12. The summed E-state index contributed by atoms with van der Waals surface area (Å²) in [5.41, 5.74) is 5.07. The van der Waals surface area contributed by atoms with Gasteiger partial charge in [-0.2, -0.15) is 0 Å². The average Bonchev–Trinajstić information content (AvgIpc) is 1.97. The molecule has 0 aromatic rings. The lowest BCUT2D eigenvalue weighted by Gasteiger charge is -2.07. The van der Waals surface area contributed by atoms with Crippen molar-refractivity contribution < 1.29 is 9.59 Å². The highest BCUT2D eigenvalue weighted by Crippen LogP contribution is 2.10. The van der Waals surface area contributed by atoms with E-state index in [-0.39, 0.29) is 18.2 Å². The van der Waals surface area contributed by atoms with Crippen LogP contribution in [0, 0.1) is 5.92 Å². The first kappa shape index (κ1) is 10.1. The number of nitrogens with two attached hydrogens (primary N) is 1. The summed E-state index contributed by atoms with van der Waals surface area (Å²) in [6, 6.07) is 0. The molecule has 0 aromatic heterocycles. The van der Waals surface area contributed by atoms with Crippen LogP contribution in [-0.4, -0.2) is 12.2 Å². The van der Waals surface area contributed by atoms with Crippen molar-refractivity contribution in [3.8, 4) is 0 Å². The second kappa shape index (κ2) is 5.89. The van der Waals surface area contributed by atoms with Crippen LogP contribution in [0.5, 0.6) is 0 Å². The Hall–Kier alpha value is -0.860. The van der Waals surface area contributed by atoms with Gasteiger partial charge in [-0.3, -0.25) is 4.79 Å². The van der Waals surface area contributed by atoms with Crippen LogP contribution < -0.4 is 5.73 Å². The molecule has 0 saturated heterocycles. The Morgan fingerprint density at radius 2 is 2.27 bits per heavy atom. The van der Waals surface area contributed by atoms with Gasteiger partial charge in [-0.05, 0) is 6.42 Å². The topological polar surface area (TPSA) is 60.2 Å². The van der Waals surface area contributed by atoms with Gasteiger partial charge in [-0.15, -0.1) is 0 Å². The van der Waals surface area contributed by atoms with Gasteiger partial charge in [0.2, 0.25) is 5.91 Å². The van der Waals surface area contributed by atoms with E-state index in [0.717, 1.165) is 25.5 Å². The molecular formula is C8H15NO2. The summed E-state index contributed by atoms with van der Waals surface area (Å²) >= 11 is 0. The smallest absolute Gasteiger partial charge is 0.220 e.